The van der Waals surface area contributed by atoms with E-state index in [4.69, 9.17) is 0 Å². The smallest absolute Gasteiger partial charge is 0.0376 e. The normalized spacial score (nSPS) is 27.4. The summed E-state index contributed by atoms with van der Waals surface area (Å²) in [6.45, 7) is 1.23. The summed E-state index contributed by atoms with van der Waals surface area (Å²) >= 11 is 0. The SMILES string of the molecule is CN1CCc2ccccc2C1C1CC1. The van der Waals surface area contributed by atoms with Gasteiger partial charge in [0.15, 0.2) is 0 Å². The lowest BCUT2D eigenvalue weighted by molar-refractivity contribution is 0.207. The first kappa shape index (κ1) is 8.49. The number of likely N-dealkylation sites (N-methyl/N-ethyl adjacent to an activating group) is 1. The average Bonchev–Trinajstić information content (AvgIpc) is 3.01. The van der Waals surface area contributed by atoms with Crippen LogP contribution in [0.4, 0.5) is 0 Å². The van der Waals surface area contributed by atoms with Crippen molar-refractivity contribution in [3.8, 4) is 0 Å². The first-order valence-corrected chi connectivity index (χ1v) is 5.64. The molecular weight excluding hydrogens is 170 g/mol. The molecule has 1 heterocycles. The van der Waals surface area contributed by atoms with E-state index in [1.807, 2.05) is 0 Å². The van der Waals surface area contributed by atoms with Crippen LogP contribution in [0.2, 0.25) is 0 Å². The third-order valence-corrected chi connectivity index (χ3v) is 3.65. The fourth-order valence-corrected chi connectivity index (χ4v) is 2.75. The highest BCUT2D eigenvalue weighted by atomic mass is 15.1. The molecule has 1 aliphatic carbocycles. The molecule has 1 fully saturated rings. The molecule has 14 heavy (non-hydrogen) atoms. The first-order valence-electron chi connectivity index (χ1n) is 5.64. The Kier molecular flexibility index (Phi) is 1.88. The minimum absolute atomic E-state index is 0.722. The molecule has 0 bridgehead atoms. The molecular formula is C13H17N. The van der Waals surface area contributed by atoms with Gasteiger partial charge in [-0.15, -0.1) is 0 Å². The molecule has 74 valence electrons. The second-order valence-electron chi connectivity index (χ2n) is 4.71. The number of hydrogen-bond donors (Lipinski definition) is 0. The topological polar surface area (TPSA) is 3.24 Å². The van der Waals surface area contributed by atoms with Crippen LogP contribution >= 0.6 is 0 Å². The molecule has 1 nitrogen and oxygen atoms in total. The van der Waals surface area contributed by atoms with Crippen LogP contribution in [0.1, 0.15) is 30.0 Å². The standard InChI is InChI=1S/C13H17N/c1-14-9-8-10-4-2-3-5-12(10)13(14)11-6-7-11/h2-5,11,13H,6-9H2,1H3. The number of hydrogen-bond acceptors (Lipinski definition) is 1. The molecule has 1 unspecified atom stereocenters. The summed E-state index contributed by atoms with van der Waals surface area (Å²) in [6.07, 6.45) is 4.10. The van der Waals surface area contributed by atoms with Crippen LogP contribution in [0, 0.1) is 5.92 Å². The Morgan fingerprint density at radius 3 is 2.79 bits per heavy atom. The lowest BCUT2D eigenvalue weighted by atomic mass is 9.90. The Balaban J connectivity index is 2.02. The van der Waals surface area contributed by atoms with Crippen molar-refractivity contribution in [2.75, 3.05) is 13.6 Å². The van der Waals surface area contributed by atoms with E-state index in [-0.39, 0.29) is 0 Å². The summed E-state index contributed by atoms with van der Waals surface area (Å²) in [6, 6.07) is 9.72. The van der Waals surface area contributed by atoms with Gasteiger partial charge in [0.2, 0.25) is 0 Å². The maximum absolute atomic E-state index is 2.54. The molecule has 1 heteroatoms. The van der Waals surface area contributed by atoms with Gasteiger partial charge in [-0.05, 0) is 43.4 Å². The van der Waals surface area contributed by atoms with Gasteiger partial charge in [-0.2, -0.15) is 0 Å². The van der Waals surface area contributed by atoms with Crippen molar-refractivity contribution >= 4 is 0 Å². The number of rotatable bonds is 1. The van der Waals surface area contributed by atoms with Crippen LogP contribution in [0.3, 0.4) is 0 Å². The molecule has 1 aromatic carbocycles. The zero-order chi connectivity index (χ0) is 9.54. The molecule has 0 radical (unpaired) electrons. The maximum Gasteiger partial charge on any atom is 0.0376 e. The summed E-state index contributed by atoms with van der Waals surface area (Å²) in [4.78, 5) is 2.54. The summed E-state index contributed by atoms with van der Waals surface area (Å²) in [7, 11) is 2.28. The van der Waals surface area contributed by atoms with Gasteiger partial charge in [-0.3, -0.25) is 4.90 Å². The van der Waals surface area contributed by atoms with E-state index >= 15 is 0 Å². The fraction of sp³-hybridized carbons (Fsp3) is 0.538. The summed E-state index contributed by atoms with van der Waals surface area (Å²) < 4.78 is 0. The summed E-state index contributed by atoms with van der Waals surface area (Å²) in [5.74, 6) is 0.946. The third kappa shape index (κ3) is 1.27. The lowest BCUT2D eigenvalue weighted by Crippen LogP contribution is -2.33. The monoisotopic (exact) mass is 187 g/mol. The van der Waals surface area contributed by atoms with Crippen molar-refractivity contribution in [1.29, 1.82) is 0 Å². The Hall–Kier alpha value is -0.820. The second-order valence-corrected chi connectivity index (χ2v) is 4.71. The molecule has 1 saturated carbocycles. The van der Waals surface area contributed by atoms with Crippen LogP contribution in [0.15, 0.2) is 24.3 Å². The minimum atomic E-state index is 0.722. The van der Waals surface area contributed by atoms with E-state index < -0.39 is 0 Å². The van der Waals surface area contributed by atoms with E-state index in [0.29, 0.717) is 0 Å². The van der Waals surface area contributed by atoms with Crippen LogP contribution in [-0.2, 0) is 6.42 Å². The van der Waals surface area contributed by atoms with E-state index in [1.165, 1.54) is 25.8 Å². The summed E-state index contributed by atoms with van der Waals surface area (Å²) in [5, 5.41) is 0. The van der Waals surface area contributed by atoms with E-state index in [1.54, 1.807) is 11.1 Å². The zero-order valence-corrected chi connectivity index (χ0v) is 8.74. The van der Waals surface area contributed by atoms with Gasteiger partial charge in [0.1, 0.15) is 0 Å². The van der Waals surface area contributed by atoms with E-state index in [9.17, 15) is 0 Å². The zero-order valence-electron chi connectivity index (χ0n) is 8.74. The number of fused-ring (bicyclic) bond motifs is 1. The molecule has 1 aliphatic heterocycles. The lowest BCUT2D eigenvalue weighted by Gasteiger charge is -2.34. The van der Waals surface area contributed by atoms with Gasteiger partial charge in [0.05, 0.1) is 0 Å². The van der Waals surface area contributed by atoms with Crippen molar-refractivity contribution in [2.24, 2.45) is 5.92 Å². The number of benzene rings is 1. The highest BCUT2D eigenvalue weighted by molar-refractivity contribution is 5.33. The fourth-order valence-electron chi connectivity index (χ4n) is 2.75. The largest absolute Gasteiger partial charge is 0.299 e. The van der Waals surface area contributed by atoms with Crippen molar-refractivity contribution in [2.45, 2.75) is 25.3 Å². The molecule has 0 spiro atoms. The highest BCUT2D eigenvalue weighted by Gasteiger charge is 2.37. The Morgan fingerprint density at radius 1 is 1.21 bits per heavy atom. The van der Waals surface area contributed by atoms with Crippen molar-refractivity contribution in [3.63, 3.8) is 0 Å². The quantitative estimate of drug-likeness (QED) is 0.653. The van der Waals surface area contributed by atoms with Gasteiger partial charge >= 0.3 is 0 Å². The predicted octanol–water partition coefficient (Wildman–Crippen LogP) is 2.63. The molecule has 0 saturated heterocycles. The van der Waals surface area contributed by atoms with Crippen LogP contribution in [0.25, 0.3) is 0 Å². The van der Waals surface area contributed by atoms with E-state index in [0.717, 1.165) is 12.0 Å². The van der Waals surface area contributed by atoms with Gasteiger partial charge < -0.3 is 0 Å². The molecule has 0 aromatic heterocycles. The van der Waals surface area contributed by atoms with Gasteiger partial charge in [0, 0.05) is 12.6 Å². The third-order valence-electron chi connectivity index (χ3n) is 3.65. The molecule has 2 aliphatic rings. The Bertz CT molecular complexity index is 341. The van der Waals surface area contributed by atoms with E-state index in [2.05, 4.69) is 36.2 Å². The van der Waals surface area contributed by atoms with Crippen LogP contribution in [-0.4, -0.2) is 18.5 Å². The predicted molar refractivity (Wildman–Crippen MR) is 58.2 cm³/mol. The molecule has 0 N–H and O–H groups in total. The van der Waals surface area contributed by atoms with Gasteiger partial charge in [-0.25, -0.2) is 0 Å². The average molecular weight is 187 g/mol. The molecule has 3 rings (SSSR count). The van der Waals surface area contributed by atoms with Gasteiger partial charge in [0.25, 0.3) is 0 Å². The van der Waals surface area contributed by atoms with Crippen LogP contribution < -0.4 is 0 Å². The Morgan fingerprint density at radius 2 is 2.00 bits per heavy atom. The first-order chi connectivity index (χ1) is 6.86. The van der Waals surface area contributed by atoms with Crippen molar-refractivity contribution in [3.05, 3.63) is 35.4 Å². The molecule has 0 amide bonds. The van der Waals surface area contributed by atoms with Gasteiger partial charge in [-0.1, -0.05) is 24.3 Å². The maximum atomic E-state index is 2.54. The van der Waals surface area contributed by atoms with Crippen molar-refractivity contribution < 1.29 is 0 Å². The number of nitrogens with zero attached hydrogens (tertiary/aromatic N) is 1. The molecule has 1 atom stereocenters. The Labute approximate surface area is 85.7 Å². The highest BCUT2D eigenvalue weighted by Crippen LogP contribution is 2.46. The summed E-state index contributed by atoms with van der Waals surface area (Å²) in [5.41, 5.74) is 3.19. The van der Waals surface area contributed by atoms with Crippen LogP contribution in [0.5, 0.6) is 0 Å². The second kappa shape index (κ2) is 3.09. The minimum Gasteiger partial charge on any atom is -0.299 e. The molecule has 1 aromatic rings. The van der Waals surface area contributed by atoms with Crippen molar-refractivity contribution in [1.82, 2.24) is 4.90 Å².